The van der Waals surface area contributed by atoms with Crippen molar-refractivity contribution in [3.8, 4) is 0 Å². The van der Waals surface area contributed by atoms with Crippen LogP contribution < -0.4 is 0 Å². The van der Waals surface area contributed by atoms with E-state index in [1.54, 1.807) is 13.3 Å². The summed E-state index contributed by atoms with van der Waals surface area (Å²) in [5.74, 6) is 0. The van der Waals surface area contributed by atoms with Crippen molar-refractivity contribution in [3.63, 3.8) is 0 Å². The fourth-order valence-electron chi connectivity index (χ4n) is 2.93. The Balaban J connectivity index is 4.94. The predicted molar refractivity (Wildman–Crippen MR) is 107 cm³/mol. The standard InChI is InChI=1S/C6H10I.3C4H9.Sn/c1-2-3-4-5-6-7;3*1-3-4-2;/h5H,2-4H2,1H3;3*1,3-4H2,2H3;. The van der Waals surface area contributed by atoms with Gasteiger partial charge in [0.2, 0.25) is 0 Å². The van der Waals surface area contributed by atoms with Gasteiger partial charge in [0.15, 0.2) is 0 Å². The van der Waals surface area contributed by atoms with E-state index in [9.17, 15) is 0 Å². The third-order valence-corrected chi connectivity index (χ3v) is 27.2. The van der Waals surface area contributed by atoms with Crippen LogP contribution in [-0.2, 0) is 0 Å². The van der Waals surface area contributed by atoms with Crippen molar-refractivity contribution < 1.29 is 0 Å². The van der Waals surface area contributed by atoms with Crippen LogP contribution in [-0.4, -0.2) is 18.4 Å². The molecule has 0 fully saturated rings. The van der Waals surface area contributed by atoms with Gasteiger partial charge < -0.3 is 0 Å². The van der Waals surface area contributed by atoms with Crippen LogP contribution in [0.25, 0.3) is 0 Å². The Morgan fingerprint density at radius 2 is 1.15 bits per heavy atom. The van der Waals surface area contributed by atoms with E-state index in [0.717, 1.165) is 0 Å². The molecule has 0 saturated heterocycles. The van der Waals surface area contributed by atoms with E-state index in [2.05, 4.69) is 56.4 Å². The van der Waals surface area contributed by atoms with Gasteiger partial charge in [0.1, 0.15) is 0 Å². The van der Waals surface area contributed by atoms with Crippen LogP contribution >= 0.6 is 22.6 Å². The zero-order valence-electron chi connectivity index (χ0n) is 14.4. The first kappa shape index (κ1) is 21.3. The van der Waals surface area contributed by atoms with Crippen molar-refractivity contribution in [2.45, 2.75) is 98.8 Å². The second kappa shape index (κ2) is 13.9. The van der Waals surface area contributed by atoms with E-state index in [1.165, 1.54) is 57.8 Å². The fourth-order valence-corrected chi connectivity index (χ4v) is 23.3. The quantitative estimate of drug-likeness (QED) is 0.137. The molecule has 0 nitrogen and oxygen atoms in total. The molecule has 0 bridgehead atoms. The minimum atomic E-state index is -2.02. The van der Waals surface area contributed by atoms with Gasteiger partial charge in [-0.05, 0) is 0 Å². The molecule has 0 radical (unpaired) electrons. The number of allylic oxidation sites excluding steroid dienone is 1. The molecule has 2 heteroatoms. The van der Waals surface area contributed by atoms with E-state index in [-0.39, 0.29) is 0 Å². The molecule has 0 heterocycles. The minimum absolute atomic E-state index is 1.33. The number of hydrogen-bond acceptors (Lipinski definition) is 0. The molecule has 0 aromatic carbocycles. The maximum atomic E-state index is 2.77. The van der Waals surface area contributed by atoms with Crippen molar-refractivity contribution in [2.24, 2.45) is 0 Å². The Hall–Kier alpha value is 1.27. The molecule has 0 rings (SSSR count). The molecule has 0 spiro atoms. The van der Waals surface area contributed by atoms with Crippen LogP contribution in [0.1, 0.15) is 85.5 Å². The Labute approximate surface area is 146 Å². The van der Waals surface area contributed by atoms with Crippen LogP contribution in [0.5, 0.6) is 0 Å². The first-order valence-corrected chi connectivity index (χ1v) is 17.6. The summed E-state index contributed by atoms with van der Waals surface area (Å²) in [6, 6.07) is 0. The Morgan fingerprint density at radius 1 is 0.750 bits per heavy atom. The molecule has 20 heavy (non-hydrogen) atoms. The molecule has 0 amide bonds. The summed E-state index contributed by atoms with van der Waals surface area (Å²) in [4.78, 5) is 0. The molecular formula is C18H37ISn. The molecule has 0 aliphatic rings. The van der Waals surface area contributed by atoms with Crippen molar-refractivity contribution >= 4 is 41.0 Å². The van der Waals surface area contributed by atoms with Crippen molar-refractivity contribution in [3.05, 3.63) is 7.67 Å². The second-order valence-corrected chi connectivity index (χ2v) is 23.5. The summed E-state index contributed by atoms with van der Waals surface area (Å²) in [5, 5.41) is 0. The van der Waals surface area contributed by atoms with Gasteiger partial charge in [-0.2, -0.15) is 0 Å². The third kappa shape index (κ3) is 8.65. The van der Waals surface area contributed by atoms with Gasteiger partial charge in [-0.15, -0.1) is 0 Å². The van der Waals surface area contributed by atoms with Crippen LogP contribution in [0.4, 0.5) is 0 Å². The van der Waals surface area contributed by atoms with E-state index in [4.69, 9.17) is 0 Å². The number of halogens is 1. The summed E-state index contributed by atoms with van der Waals surface area (Å²) in [7, 11) is 0. The summed E-state index contributed by atoms with van der Waals surface area (Å²) in [5.41, 5.74) is 0. The monoisotopic (exact) mass is 500 g/mol. The Kier molecular flexibility index (Phi) is 14.8. The molecule has 0 unspecified atom stereocenters. The zero-order chi connectivity index (χ0) is 15.3. The second-order valence-electron chi connectivity index (χ2n) is 6.29. The average Bonchev–Trinajstić information content (AvgIpc) is 2.47. The number of hydrogen-bond donors (Lipinski definition) is 0. The van der Waals surface area contributed by atoms with Crippen LogP contribution in [0.2, 0.25) is 13.3 Å². The van der Waals surface area contributed by atoms with Crippen molar-refractivity contribution in [2.75, 3.05) is 0 Å². The van der Waals surface area contributed by atoms with E-state index in [1.807, 2.05) is 1.60 Å². The molecule has 0 aliphatic carbocycles. The maximum absolute atomic E-state index is 2.77. The van der Waals surface area contributed by atoms with Gasteiger partial charge in [-0.25, -0.2) is 0 Å². The van der Waals surface area contributed by atoms with Crippen molar-refractivity contribution in [1.29, 1.82) is 0 Å². The fraction of sp³-hybridized carbons (Fsp3) is 0.889. The van der Waals surface area contributed by atoms with E-state index < -0.39 is 18.4 Å². The van der Waals surface area contributed by atoms with E-state index in [0.29, 0.717) is 0 Å². The van der Waals surface area contributed by atoms with Gasteiger partial charge in [-0.3, -0.25) is 0 Å². The molecule has 0 atom stereocenters. The number of rotatable bonds is 13. The van der Waals surface area contributed by atoms with Crippen molar-refractivity contribution in [1.82, 2.24) is 0 Å². The van der Waals surface area contributed by atoms with Gasteiger partial charge >= 0.3 is 147 Å². The number of unbranched alkanes of at least 4 members (excludes halogenated alkanes) is 5. The molecule has 0 aromatic rings. The molecule has 0 N–H and O–H groups in total. The third-order valence-electron chi connectivity index (χ3n) is 4.41. The molecule has 0 saturated carbocycles. The summed E-state index contributed by atoms with van der Waals surface area (Å²) < 4.78 is 6.74. The summed E-state index contributed by atoms with van der Waals surface area (Å²) in [6.07, 6.45) is 15.3. The van der Waals surface area contributed by atoms with Crippen LogP contribution in [0.15, 0.2) is 7.67 Å². The molecule has 0 aromatic heterocycles. The molecule has 120 valence electrons. The molecule has 0 aliphatic heterocycles. The van der Waals surface area contributed by atoms with Gasteiger partial charge in [0.25, 0.3) is 0 Å². The average molecular weight is 499 g/mol. The van der Waals surface area contributed by atoms with Gasteiger partial charge in [0.05, 0.1) is 0 Å². The first-order chi connectivity index (χ1) is 9.66. The zero-order valence-corrected chi connectivity index (χ0v) is 19.5. The van der Waals surface area contributed by atoms with Gasteiger partial charge in [0, 0.05) is 0 Å². The predicted octanol–water partition coefficient (Wildman–Crippen LogP) is 7.88. The Morgan fingerprint density at radius 3 is 1.50 bits per heavy atom. The van der Waals surface area contributed by atoms with E-state index >= 15 is 0 Å². The van der Waals surface area contributed by atoms with Crippen LogP contribution in [0, 0.1) is 0 Å². The normalized spacial score (nSPS) is 12.9. The topological polar surface area (TPSA) is 0 Å². The summed E-state index contributed by atoms with van der Waals surface area (Å²) in [6.45, 7) is 9.40. The van der Waals surface area contributed by atoms with Crippen LogP contribution in [0.3, 0.4) is 0 Å². The SMILES string of the molecule is CCCC/C=[C](/I)[Sn]([CH2]CCC)([CH2]CCC)[CH2]CCC. The summed E-state index contributed by atoms with van der Waals surface area (Å²) >= 11 is 0.748. The first-order valence-electron chi connectivity index (χ1n) is 9.02. The molecular weight excluding hydrogens is 462 g/mol. The Bertz CT molecular complexity index is 226. The van der Waals surface area contributed by atoms with Gasteiger partial charge in [-0.1, -0.05) is 0 Å².